The maximum atomic E-state index is 11.6. The minimum absolute atomic E-state index is 0.305. The molecule has 1 heterocycles. The monoisotopic (exact) mass is 363 g/mol. The molecule has 3 rings (SSSR count). The summed E-state index contributed by atoms with van der Waals surface area (Å²) in [4.78, 5) is 11.6. The number of nitrogens with zero attached hydrogens (tertiary/aromatic N) is 2. The standard InChI is InChI=1S/C22H25N3O2/c1-16(2)13-20(22(26)27)23-14-18-15-25(19-11-7-4-8-12-19)24-21(18)17-9-5-3-6-10-17/h3-12,15-16,20,23H,13-14H2,1-2H3,(H,26,27)/t20-/m0/s1. The minimum Gasteiger partial charge on any atom is -0.480 e. The second-order valence-corrected chi connectivity index (χ2v) is 7.05. The zero-order valence-corrected chi connectivity index (χ0v) is 15.7. The highest BCUT2D eigenvalue weighted by Crippen LogP contribution is 2.24. The van der Waals surface area contributed by atoms with E-state index in [-0.39, 0.29) is 0 Å². The van der Waals surface area contributed by atoms with E-state index in [2.05, 4.69) is 5.32 Å². The number of aromatic nitrogens is 2. The summed E-state index contributed by atoms with van der Waals surface area (Å²) < 4.78 is 1.84. The Morgan fingerprint density at radius 2 is 1.70 bits per heavy atom. The van der Waals surface area contributed by atoms with Crippen LogP contribution in [-0.2, 0) is 11.3 Å². The first-order valence-corrected chi connectivity index (χ1v) is 9.20. The second-order valence-electron chi connectivity index (χ2n) is 7.05. The Labute approximate surface area is 159 Å². The zero-order valence-electron chi connectivity index (χ0n) is 15.7. The average Bonchev–Trinajstić information content (AvgIpc) is 3.10. The van der Waals surface area contributed by atoms with E-state index in [0.717, 1.165) is 22.5 Å². The molecule has 1 atom stereocenters. The van der Waals surface area contributed by atoms with Crippen LogP contribution in [0.15, 0.2) is 66.9 Å². The van der Waals surface area contributed by atoms with Gasteiger partial charge >= 0.3 is 5.97 Å². The van der Waals surface area contributed by atoms with Gasteiger partial charge in [-0.25, -0.2) is 4.68 Å². The lowest BCUT2D eigenvalue weighted by molar-refractivity contribution is -0.140. The third-order valence-corrected chi connectivity index (χ3v) is 4.40. The highest BCUT2D eigenvalue weighted by atomic mass is 16.4. The fraction of sp³-hybridized carbons (Fsp3) is 0.273. The normalized spacial score (nSPS) is 12.3. The molecule has 5 heteroatoms. The molecule has 0 amide bonds. The van der Waals surface area contributed by atoms with Crippen molar-refractivity contribution < 1.29 is 9.90 Å². The Balaban J connectivity index is 1.90. The first kappa shape index (κ1) is 18.9. The number of carbonyl (C=O) groups is 1. The largest absolute Gasteiger partial charge is 0.480 e. The number of para-hydroxylation sites is 1. The molecule has 0 saturated heterocycles. The van der Waals surface area contributed by atoms with Crippen LogP contribution in [-0.4, -0.2) is 26.9 Å². The molecule has 27 heavy (non-hydrogen) atoms. The lowest BCUT2D eigenvalue weighted by Crippen LogP contribution is -2.37. The molecule has 0 saturated carbocycles. The van der Waals surface area contributed by atoms with Gasteiger partial charge in [-0.2, -0.15) is 5.10 Å². The molecule has 1 aromatic heterocycles. The summed E-state index contributed by atoms with van der Waals surface area (Å²) in [5, 5.41) is 17.4. The van der Waals surface area contributed by atoms with Crippen molar-refractivity contribution in [2.24, 2.45) is 5.92 Å². The van der Waals surface area contributed by atoms with Crippen molar-refractivity contribution in [3.05, 3.63) is 72.4 Å². The van der Waals surface area contributed by atoms with Gasteiger partial charge in [0.15, 0.2) is 0 Å². The quantitative estimate of drug-likeness (QED) is 0.631. The Hall–Kier alpha value is -2.92. The second kappa shape index (κ2) is 8.64. The molecule has 0 unspecified atom stereocenters. The van der Waals surface area contributed by atoms with Gasteiger partial charge in [0, 0.05) is 23.9 Å². The number of aliphatic carboxylic acids is 1. The van der Waals surface area contributed by atoms with Gasteiger partial charge in [0.05, 0.1) is 11.4 Å². The van der Waals surface area contributed by atoms with E-state index in [1.807, 2.05) is 85.4 Å². The SMILES string of the molecule is CC(C)C[C@H](NCc1cn(-c2ccccc2)nc1-c1ccccc1)C(=O)O. The zero-order chi connectivity index (χ0) is 19.2. The highest BCUT2D eigenvalue weighted by Gasteiger charge is 2.20. The minimum atomic E-state index is -0.819. The Morgan fingerprint density at radius 1 is 1.07 bits per heavy atom. The Kier molecular flexibility index (Phi) is 6.04. The van der Waals surface area contributed by atoms with E-state index < -0.39 is 12.0 Å². The molecule has 0 radical (unpaired) electrons. The first-order chi connectivity index (χ1) is 13.0. The van der Waals surface area contributed by atoms with Crippen LogP contribution in [0, 0.1) is 5.92 Å². The molecule has 0 aliphatic rings. The summed E-state index contributed by atoms with van der Waals surface area (Å²) in [5.74, 6) is -0.514. The maximum Gasteiger partial charge on any atom is 0.320 e. The van der Waals surface area contributed by atoms with Crippen molar-refractivity contribution in [3.8, 4) is 16.9 Å². The van der Waals surface area contributed by atoms with Gasteiger partial charge in [-0.15, -0.1) is 0 Å². The third kappa shape index (κ3) is 4.83. The van der Waals surface area contributed by atoms with Gasteiger partial charge in [-0.3, -0.25) is 4.79 Å². The van der Waals surface area contributed by atoms with Gasteiger partial charge in [0.2, 0.25) is 0 Å². The van der Waals surface area contributed by atoms with E-state index in [1.165, 1.54) is 0 Å². The van der Waals surface area contributed by atoms with Crippen molar-refractivity contribution in [2.75, 3.05) is 0 Å². The topological polar surface area (TPSA) is 67.2 Å². The molecule has 2 N–H and O–H groups in total. The molecule has 3 aromatic rings. The van der Waals surface area contributed by atoms with Crippen molar-refractivity contribution in [2.45, 2.75) is 32.9 Å². The fourth-order valence-corrected chi connectivity index (χ4v) is 3.07. The summed E-state index contributed by atoms with van der Waals surface area (Å²) in [6.07, 6.45) is 2.56. The number of carboxylic acids is 1. The van der Waals surface area contributed by atoms with Crippen LogP contribution in [0.25, 0.3) is 16.9 Å². The van der Waals surface area contributed by atoms with Crippen molar-refractivity contribution >= 4 is 5.97 Å². The predicted molar refractivity (Wildman–Crippen MR) is 107 cm³/mol. The number of nitrogens with one attached hydrogen (secondary N) is 1. The summed E-state index contributed by atoms with van der Waals surface area (Å²) in [5.41, 5.74) is 3.82. The number of hydrogen-bond donors (Lipinski definition) is 2. The number of hydrogen-bond acceptors (Lipinski definition) is 3. The molecule has 0 bridgehead atoms. The molecule has 0 aliphatic carbocycles. The highest BCUT2D eigenvalue weighted by molar-refractivity contribution is 5.73. The molecule has 5 nitrogen and oxygen atoms in total. The molecule has 2 aromatic carbocycles. The van der Waals surface area contributed by atoms with E-state index >= 15 is 0 Å². The molecule has 0 fully saturated rings. The Bertz CT molecular complexity index is 873. The summed E-state index contributed by atoms with van der Waals surface area (Å²) >= 11 is 0. The van der Waals surface area contributed by atoms with Gasteiger partial charge in [-0.1, -0.05) is 62.4 Å². The molecule has 0 spiro atoms. The fourth-order valence-electron chi connectivity index (χ4n) is 3.07. The maximum absolute atomic E-state index is 11.6. The van der Waals surface area contributed by atoms with Crippen LogP contribution in [0.2, 0.25) is 0 Å². The smallest absolute Gasteiger partial charge is 0.320 e. The van der Waals surface area contributed by atoms with Crippen LogP contribution in [0.3, 0.4) is 0 Å². The van der Waals surface area contributed by atoms with Crippen molar-refractivity contribution in [3.63, 3.8) is 0 Å². The average molecular weight is 363 g/mol. The van der Waals surface area contributed by atoms with Gasteiger partial charge in [0.1, 0.15) is 6.04 Å². The summed E-state index contributed by atoms with van der Waals surface area (Å²) in [7, 11) is 0. The van der Waals surface area contributed by atoms with Crippen LogP contribution >= 0.6 is 0 Å². The van der Waals surface area contributed by atoms with E-state index in [1.54, 1.807) is 0 Å². The van der Waals surface area contributed by atoms with E-state index in [0.29, 0.717) is 18.9 Å². The van der Waals surface area contributed by atoms with Gasteiger partial charge < -0.3 is 10.4 Å². The molecule has 140 valence electrons. The lowest BCUT2D eigenvalue weighted by atomic mass is 10.0. The van der Waals surface area contributed by atoms with Crippen molar-refractivity contribution in [1.82, 2.24) is 15.1 Å². The molecular formula is C22H25N3O2. The van der Waals surface area contributed by atoms with Crippen molar-refractivity contribution in [1.29, 1.82) is 0 Å². The third-order valence-electron chi connectivity index (χ3n) is 4.40. The number of benzene rings is 2. The summed E-state index contributed by atoms with van der Waals surface area (Å²) in [6, 6.07) is 19.3. The predicted octanol–water partition coefficient (Wildman–Crippen LogP) is 4.13. The van der Waals surface area contributed by atoms with Gasteiger partial charge in [-0.05, 0) is 24.5 Å². The van der Waals surface area contributed by atoms with Crippen LogP contribution in [0.1, 0.15) is 25.8 Å². The van der Waals surface area contributed by atoms with Crippen LogP contribution in [0.5, 0.6) is 0 Å². The molecular weight excluding hydrogens is 338 g/mol. The number of rotatable bonds is 8. The van der Waals surface area contributed by atoms with E-state index in [9.17, 15) is 9.90 Å². The van der Waals surface area contributed by atoms with Crippen LogP contribution in [0.4, 0.5) is 0 Å². The number of carboxylic acid groups (broad SMARTS) is 1. The first-order valence-electron chi connectivity index (χ1n) is 9.20. The van der Waals surface area contributed by atoms with E-state index in [4.69, 9.17) is 5.10 Å². The van der Waals surface area contributed by atoms with Gasteiger partial charge in [0.25, 0.3) is 0 Å². The van der Waals surface area contributed by atoms with Crippen LogP contribution < -0.4 is 5.32 Å². The summed E-state index contributed by atoms with van der Waals surface area (Å²) in [6.45, 7) is 4.50. The Morgan fingerprint density at radius 3 is 2.30 bits per heavy atom. The molecule has 0 aliphatic heterocycles. The lowest BCUT2D eigenvalue weighted by Gasteiger charge is -2.16.